The summed E-state index contributed by atoms with van der Waals surface area (Å²) in [6.07, 6.45) is 4.45. The minimum absolute atomic E-state index is 0.468. The zero-order valence-corrected chi connectivity index (χ0v) is 4.46. The highest BCUT2D eigenvalue weighted by atomic mass is 16.3. The summed E-state index contributed by atoms with van der Waals surface area (Å²) >= 11 is 0. The van der Waals surface area contributed by atoms with Crippen molar-refractivity contribution in [3.63, 3.8) is 0 Å². The van der Waals surface area contributed by atoms with Crippen molar-refractivity contribution < 1.29 is 5.11 Å². The zero-order chi connectivity index (χ0) is 5.70. The van der Waals surface area contributed by atoms with Crippen LogP contribution in [-0.2, 0) is 0 Å². The molecule has 0 aromatic rings. The largest absolute Gasteiger partial charge is 0.385 e. The van der Waals surface area contributed by atoms with Gasteiger partial charge >= 0.3 is 0 Å². The molecule has 0 radical (unpaired) electrons. The van der Waals surface area contributed by atoms with Crippen LogP contribution in [0.25, 0.3) is 0 Å². The van der Waals surface area contributed by atoms with E-state index in [9.17, 15) is 0 Å². The van der Waals surface area contributed by atoms with Gasteiger partial charge in [-0.2, -0.15) is 0 Å². The van der Waals surface area contributed by atoms with E-state index in [1.54, 1.807) is 12.2 Å². The quantitative estimate of drug-likeness (QED) is 0.513. The van der Waals surface area contributed by atoms with Crippen LogP contribution in [0, 0.1) is 0 Å². The lowest BCUT2D eigenvalue weighted by Gasteiger charge is -1.90. The van der Waals surface area contributed by atoms with Gasteiger partial charge in [0.15, 0.2) is 0 Å². The average molecular weight is 98.1 g/mol. The molecular formula is C6H10O. The van der Waals surface area contributed by atoms with Crippen molar-refractivity contribution in [1.82, 2.24) is 0 Å². The van der Waals surface area contributed by atoms with E-state index in [0.717, 1.165) is 0 Å². The molecule has 7 heavy (non-hydrogen) atoms. The smallest absolute Gasteiger partial charge is 0.0899 e. The zero-order valence-electron chi connectivity index (χ0n) is 4.46. The molecule has 0 fully saturated rings. The van der Waals surface area contributed by atoms with E-state index in [4.69, 9.17) is 5.11 Å². The first kappa shape index (κ1) is 6.44. The Kier molecular flexibility index (Phi) is 3.33. The highest BCUT2D eigenvalue weighted by Crippen LogP contribution is 1.83. The molecule has 1 N–H and O–H groups in total. The molecule has 1 atom stereocenters. The second kappa shape index (κ2) is 3.62. The number of hydrogen-bond donors (Lipinski definition) is 1. The molecule has 0 unspecified atom stereocenters. The highest BCUT2D eigenvalue weighted by Gasteiger charge is 1.82. The summed E-state index contributed by atoms with van der Waals surface area (Å²) in [6, 6.07) is 0. The molecule has 0 saturated heterocycles. The van der Waals surface area contributed by atoms with E-state index in [1.807, 2.05) is 6.92 Å². The molecule has 40 valence electrons. The van der Waals surface area contributed by atoms with Gasteiger partial charge in [-0.25, -0.2) is 0 Å². The van der Waals surface area contributed by atoms with Crippen molar-refractivity contribution in [1.29, 1.82) is 0 Å². The Hall–Kier alpha value is -0.560. The summed E-state index contributed by atoms with van der Waals surface area (Å²) in [5.41, 5.74) is 0. The van der Waals surface area contributed by atoms with E-state index in [-0.39, 0.29) is 0 Å². The van der Waals surface area contributed by atoms with Crippen molar-refractivity contribution >= 4 is 0 Å². The Morgan fingerprint density at radius 1 is 1.71 bits per heavy atom. The minimum atomic E-state index is -0.468. The molecule has 1 nitrogen and oxygen atoms in total. The summed E-state index contributed by atoms with van der Waals surface area (Å²) < 4.78 is 0. The number of aliphatic hydroxyl groups excluding tert-OH is 1. The fraction of sp³-hybridized carbons (Fsp3) is 0.333. The fourth-order valence-electron chi connectivity index (χ4n) is 0.276. The first-order valence-corrected chi connectivity index (χ1v) is 2.24. The van der Waals surface area contributed by atoms with Crippen LogP contribution in [0.4, 0.5) is 0 Å². The van der Waals surface area contributed by atoms with Gasteiger partial charge in [-0.1, -0.05) is 18.2 Å². The predicted octanol–water partition coefficient (Wildman–Crippen LogP) is 1.11. The molecule has 0 spiro atoms. The van der Waals surface area contributed by atoms with Crippen LogP contribution in [0.3, 0.4) is 0 Å². The summed E-state index contributed by atoms with van der Waals surface area (Å²) in [7, 11) is 0. The van der Waals surface area contributed by atoms with Crippen LogP contribution in [0.1, 0.15) is 6.92 Å². The second-order valence-electron chi connectivity index (χ2n) is 1.25. The van der Waals surface area contributed by atoms with E-state index < -0.39 is 6.10 Å². The van der Waals surface area contributed by atoms with Crippen molar-refractivity contribution in [2.75, 3.05) is 0 Å². The third kappa shape index (κ3) is 3.27. The highest BCUT2D eigenvalue weighted by molar-refractivity contribution is 4.95. The van der Waals surface area contributed by atoms with E-state index >= 15 is 0 Å². The molecule has 0 aliphatic heterocycles. The summed E-state index contributed by atoms with van der Waals surface area (Å²) in [4.78, 5) is 0. The van der Waals surface area contributed by atoms with Gasteiger partial charge in [0.05, 0.1) is 6.10 Å². The topological polar surface area (TPSA) is 20.2 Å². The van der Waals surface area contributed by atoms with Gasteiger partial charge in [-0.3, -0.25) is 0 Å². The summed E-state index contributed by atoms with van der Waals surface area (Å²) in [5.74, 6) is 0. The molecule has 0 aromatic carbocycles. The van der Waals surface area contributed by atoms with Gasteiger partial charge in [-0.15, -0.1) is 6.58 Å². The summed E-state index contributed by atoms with van der Waals surface area (Å²) in [5, 5.41) is 8.65. The van der Waals surface area contributed by atoms with Gasteiger partial charge in [0.1, 0.15) is 0 Å². The second-order valence-corrected chi connectivity index (χ2v) is 1.25. The molecule has 0 aromatic heterocycles. The van der Waals surface area contributed by atoms with Gasteiger partial charge < -0.3 is 5.11 Å². The van der Waals surface area contributed by atoms with Crippen molar-refractivity contribution in [2.24, 2.45) is 0 Å². The summed E-state index contributed by atoms with van der Waals surface area (Å²) in [6.45, 7) is 5.23. The third-order valence-corrected chi connectivity index (χ3v) is 0.631. The standard InChI is InChI=1S/C6H10O/c1-3-5-6(7)4-2/h3-7H,2H2,1H3/b5-3+/t6-/m0/s1. The van der Waals surface area contributed by atoms with Gasteiger partial charge in [0.25, 0.3) is 0 Å². The van der Waals surface area contributed by atoms with Crippen molar-refractivity contribution in [2.45, 2.75) is 13.0 Å². The molecule has 1 heteroatoms. The van der Waals surface area contributed by atoms with Crippen molar-refractivity contribution in [3.8, 4) is 0 Å². The molecule has 0 rings (SSSR count). The number of aliphatic hydroxyl groups is 1. The minimum Gasteiger partial charge on any atom is -0.385 e. The molecular weight excluding hydrogens is 88.1 g/mol. The Morgan fingerprint density at radius 3 is 2.43 bits per heavy atom. The maximum atomic E-state index is 8.65. The molecule has 0 aliphatic carbocycles. The van der Waals surface area contributed by atoms with Crippen LogP contribution >= 0.6 is 0 Å². The normalized spacial score (nSPS) is 14.6. The van der Waals surface area contributed by atoms with E-state index in [0.29, 0.717) is 0 Å². The van der Waals surface area contributed by atoms with Crippen LogP contribution in [0.5, 0.6) is 0 Å². The maximum absolute atomic E-state index is 8.65. The predicted molar refractivity (Wildman–Crippen MR) is 31.0 cm³/mol. The first-order chi connectivity index (χ1) is 3.31. The van der Waals surface area contributed by atoms with Crippen LogP contribution < -0.4 is 0 Å². The lowest BCUT2D eigenvalue weighted by Crippen LogP contribution is -1.92. The molecule has 0 bridgehead atoms. The number of rotatable bonds is 2. The average Bonchev–Trinajstić information content (AvgIpc) is 1.68. The Bertz CT molecular complexity index is 74.2. The molecule has 0 amide bonds. The maximum Gasteiger partial charge on any atom is 0.0899 e. The van der Waals surface area contributed by atoms with E-state index in [2.05, 4.69) is 6.58 Å². The Labute approximate surface area is 44.0 Å². The van der Waals surface area contributed by atoms with Crippen LogP contribution in [-0.4, -0.2) is 11.2 Å². The number of hydrogen-bond acceptors (Lipinski definition) is 1. The lowest BCUT2D eigenvalue weighted by atomic mass is 10.3. The van der Waals surface area contributed by atoms with Gasteiger partial charge in [0.2, 0.25) is 0 Å². The first-order valence-electron chi connectivity index (χ1n) is 2.24. The lowest BCUT2D eigenvalue weighted by molar-refractivity contribution is 0.272. The molecule has 0 heterocycles. The molecule has 0 saturated carbocycles. The van der Waals surface area contributed by atoms with Gasteiger partial charge in [0, 0.05) is 0 Å². The Balaban J connectivity index is 3.35. The van der Waals surface area contributed by atoms with Crippen LogP contribution in [0.2, 0.25) is 0 Å². The van der Waals surface area contributed by atoms with Crippen LogP contribution in [0.15, 0.2) is 24.8 Å². The number of allylic oxidation sites excluding steroid dienone is 1. The Morgan fingerprint density at radius 2 is 2.29 bits per heavy atom. The monoisotopic (exact) mass is 98.1 g/mol. The van der Waals surface area contributed by atoms with Gasteiger partial charge in [-0.05, 0) is 6.92 Å². The van der Waals surface area contributed by atoms with Crippen molar-refractivity contribution in [3.05, 3.63) is 24.8 Å². The fourth-order valence-corrected chi connectivity index (χ4v) is 0.276. The molecule has 0 aliphatic rings. The van der Waals surface area contributed by atoms with E-state index in [1.165, 1.54) is 6.08 Å². The third-order valence-electron chi connectivity index (χ3n) is 0.631. The SMILES string of the molecule is C=C[C@H](O)/C=C/C.